The van der Waals surface area contributed by atoms with E-state index in [9.17, 15) is 4.79 Å². The van der Waals surface area contributed by atoms with Gasteiger partial charge in [-0.2, -0.15) is 0 Å². The monoisotopic (exact) mass is 465 g/mol. The van der Waals surface area contributed by atoms with Gasteiger partial charge in [-0.1, -0.05) is 6.92 Å². The van der Waals surface area contributed by atoms with Gasteiger partial charge in [-0.25, -0.2) is 19.5 Å². The molecule has 0 aliphatic carbocycles. The third-order valence-electron chi connectivity index (χ3n) is 6.30. The van der Waals surface area contributed by atoms with Gasteiger partial charge in [-0.15, -0.1) is 5.10 Å². The number of aryl methyl sites for hydroxylation is 2. The highest BCUT2D eigenvalue weighted by Gasteiger charge is 2.27. The van der Waals surface area contributed by atoms with Gasteiger partial charge >= 0.3 is 0 Å². The van der Waals surface area contributed by atoms with Gasteiger partial charge in [0, 0.05) is 50.4 Å². The molecule has 4 aromatic heterocycles. The number of ether oxygens (including phenoxy) is 1. The Labute approximate surface area is 195 Å². The van der Waals surface area contributed by atoms with E-state index in [1.54, 1.807) is 23.8 Å². The lowest BCUT2D eigenvalue weighted by atomic mass is 9.92. The van der Waals surface area contributed by atoms with E-state index in [-0.39, 0.29) is 11.7 Å². The second kappa shape index (κ2) is 8.93. The summed E-state index contributed by atoms with van der Waals surface area (Å²) in [7, 11) is 1.73. The highest BCUT2D eigenvalue weighted by Crippen LogP contribution is 2.29. The van der Waals surface area contributed by atoms with Gasteiger partial charge in [0.1, 0.15) is 6.10 Å². The summed E-state index contributed by atoms with van der Waals surface area (Å²) in [6, 6.07) is 3.46. The zero-order valence-electron chi connectivity index (χ0n) is 19.0. The predicted octanol–water partition coefficient (Wildman–Crippen LogP) is 3.19. The Morgan fingerprint density at radius 1 is 1.24 bits per heavy atom. The maximum Gasteiger partial charge on any atom is 0.294 e. The van der Waals surface area contributed by atoms with Crippen molar-refractivity contribution in [2.45, 2.75) is 39.2 Å². The van der Waals surface area contributed by atoms with Crippen molar-refractivity contribution >= 4 is 22.2 Å². The topological polar surface area (TPSA) is 90.4 Å². The molecule has 1 atom stereocenters. The van der Waals surface area contributed by atoms with Gasteiger partial charge in [0.15, 0.2) is 0 Å². The second-order valence-electron chi connectivity index (χ2n) is 8.48. The van der Waals surface area contributed by atoms with Gasteiger partial charge < -0.3 is 14.2 Å². The largest absolute Gasteiger partial charge is 0.466 e. The molecular formula is C23H27N7O2S. The molecule has 1 saturated heterocycles. The Bertz CT molecular complexity index is 1270. The van der Waals surface area contributed by atoms with Gasteiger partial charge in [-0.3, -0.25) is 4.79 Å². The van der Waals surface area contributed by atoms with Crippen LogP contribution in [0.5, 0.6) is 5.19 Å². The normalized spacial score (nSPS) is 15.8. The van der Waals surface area contributed by atoms with Crippen LogP contribution in [0.3, 0.4) is 0 Å². The van der Waals surface area contributed by atoms with E-state index in [0.717, 1.165) is 60.1 Å². The van der Waals surface area contributed by atoms with Crippen molar-refractivity contribution in [1.29, 1.82) is 0 Å². The molecule has 0 aromatic carbocycles. The summed E-state index contributed by atoms with van der Waals surface area (Å²) < 4.78 is 9.45. The molecule has 0 bridgehead atoms. The van der Waals surface area contributed by atoms with Crippen LogP contribution in [0.1, 0.15) is 32.3 Å². The Balaban J connectivity index is 1.20. The first-order chi connectivity index (χ1) is 16.0. The highest BCUT2D eigenvalue weighted by molar-refractivity contribution is 7.18. The lowest BCUT2D eigenvalue weighted by Gasteiger charge is -2.34. The molecule has 0 spiro atoms. The summed E-state index contributed by atoms with van der Waals surface area (Å²) in [4.78, 5) is 28.5. The van der Waals surface area contributed by atoms with E-state index < -0.39 is 0 Å². The molecule has 0 saturated carbocycles. The number of nitrogens with zero attached hydrogens (tertiary/aromatic N) is 7. The number of piperidine rings is 1. The number of hydrogen-bond acceptors (Lipinski definition) is 8. The number of fused-ring (bicyclic) bond motifs is 1. The average Bonchev–Trinajstić information content (AvgIpc) is 3.40. The molecule has 1 unspecified atom stereocenters. The molecule has 172 valence electrons. The summed E-state index contributed by atoms with van der Waals surface area (Å²) in [5.41, 5.74) is 2.61. The van der Waals surface area contributed by atoms with Gasteiger partial charge in [-0.05, 0) is 55.1 Å². The van der Waals surface area contributed by atoms with E-state index in [0.29, 0.717) is 11.1 Å². The minimum absolute atomic E-state index is 0.0583. The van der Waals surface area contributed by atoms with Crippen molar-refractivity contribution in [3.8, 4) is 16.5 Å². The third-order valence-corrected chi connectivity index (χ3v) is 7.11. The smallest absolute Gasteiger partial charge is 0.294 e. The highest BCUT2D eigenvalue weighted by atomic mass is 32.1. The minimum atomic E-state index is -0.0646. The van der Waals surface area contributed by atoms with Gasteiger partial charge in [0.25, 0.3) is 10.8 Å². The van der Waals surface area contributed by atoms with Crippen LogP contribution < -0.4 is 15.2 Å². The van der Waals surface area contributed by atoms with E-state index in [1.165, 1.54) is 15.9 Å². The van der Waals surface area contributed by atoms with Crippen LogP contribution in [0, 0.1) is 5.92 Å². The molecule has 1 fully saturated rings. The van der Waals surface area contributed by atoms with E-state index in [2.05, 4.69) is 38.8 Å². The summed E-state index contributed by atoms with van der Waals surface area (Å²) >= 11 is 1.42. The van der Waals surface area contributed by atoms with Crippen molar-refractivity contribution in [3.05, 3.63) is 52.8 Å². The summed E-state index contributed by atoms with van der Waals surface area (Å²) in [6.45, 7) is 6.06. The van der Waals surface area contributed by atoms with Crippen LogP contribution >= 0.6 is 11.3 Å². The first-order valence-electron chi connectivity index (χ1n) is 11.3. The zero-order valence-corrected chi connectivity index (χ0v) is 19.8. The Morgan fingerprint density at radius 3 is 2.67 bits per heavy atom. The van der Waals surface area contributed by atoms with E-state index in [1.807, 2.05) is 24.7 Å². The molecule has 9 nitrogen and oxygen atoms in total. The maximum atomic E-state index is 11.9. The maximum absolute atomic E-state index is 11.9. The second-order valence-corrected chi connectivity index (χ2v) is 9.40. The molecule has 5 heterocycles. The van der Waals surface area contributed by atoms with Crippen LogP contribution in [0.4, 0.5) is 5.95 Å². The molecule has 10 heteroatoms. The molecule has 0 N–H and O–H groups in total. The fraction of sp³-hybridized carbons (Fsp3) is 0.435. The number of rotatable bonds is 6. The third kappa shape index (κ3) is 4.47. The lowest BCUT2D eigenvalue weighted by molar-refractivity contribution is 0.131. The number of pyridine rings is 1. The number of anilines is 1. The first kappa shape index (κ1) is 21.6. The Morgan fingerprint density at radius 2 is 2.00 bits per heavy atom. The minimum Gasteiger partial charge on any atom is -0.466 e. The average molecular weight is 466 g/mol. The van der Waals surface area contributed by atoms with Crippen molar-refractivity contribution in [2.75, 3.05) is 18.0 Å². The number of imidazole rings is 1. The summed E-state index contributed by atoms with van der Waals surface area (Å²) in [6.07, 6.45) is 10.5. The van der Waals surface area contributed by atoms with Crippen molar-refractivity contribution in [1.82, 2.24) is 29.1 Å². The molecule has 1 aliphatic heterocycles. The van der Waals surface area contributed by atoms with E-state index >= 15 is 0 Å². The fourth-order valence-electron chi connectivity index (χ4n) is 4.09. The zero-order chi connectivity index (χ0) is 22.9. The van der Waals surface area contributed by atoms with Crippen molar-refractivity contribution < 1.29 is 4.74 Å². The van der Waals surface area contributed by atoms with E-state index in [4.69, 9.17) is 4.74 Å². The SMILES string of the molecule is CCc1cnc(N2CCC(C(C)Oc3nn4cc(-c5ccn(C)c(=O)c5)nc4s3)CC2)nc1. The molecule has 33 heavy (non-hydrogen) atoms. The summed E-state index contributed by atoms with van der Waals surface area (Å²) in [5.74, 6) is 1.26. The van der Waals surface area contributed by atoms with Crippen LogP contribution in [-0.4, -0.2) is 48.3 Å². The number of hydrogen-bond donors (Lipinski definition) is 0. The Hall–Kier alpha value is -3.27. The fourth-order valence-corrected chi connectivity index (χ4v) is 4.91. The molecule has 5 rings (SSSR count). The van der Waals surface area contributed by atoms with Crippen LogP contribution in [0.15, 0.2) is 41.7 Å². The van der Waals surface area contributed by atoms with Crippen molar-refractivity contribution in [2.24, 2.45) is 13.0 Å². The predicted molar refractivity (Wildman–Crippen MR) is 128 cm³/mol. The molecule has 4 aromatic rings. The van der Waals surface area contributed by atoms with Crippen LogP contribution in [0.25, 0.3) is 16.2 Å². The quantitative estimate of drug-likeness (QED) is 0.432. The molecule has 1 aliphatic rings. The van der Waals surface area contributed by atoms with Crippen LogP contribution in [0.2, 0.25) is 0 Å². The molecule has 0 amide bonds. The first-order valence-corrected chi connectivity index (χ1v) is 12.1. The molecule has 0 radical (unpaired) electrons. The van der Waals surface area contributed by atoms with Crippen LogP contribution in [-0.2, 0) is 13.5 Å². The molecular weight excluding hydrogens is 438 g/mol. The number of aromatic nitrogens is 6. The standard InChI is InChI=1S/C23H27N7O2S/c1-4-16-12-24-21(25-13-16)29-9-6-17(7-10-29)15(2)32-23-27-30-14-19(26-22(30)33-23)18-5-8-28(3)20(31)11-18/h5,8,11-15,17H,4,6-7,9-10H2,1-3H3. The van der Waals surface area contributed by atoms with Gasteiger partial charge in [0.2, 0.25) is 10.9 Å². The summed E-state index contributed by atoms with van der Waals surface area (Å²) in [5, 5.41) is 5.16. The van der Waals surface area contributed by atoms with Gasteiger partial charge in [0.05, 0.1) is 11.9 Å². The van der Waals surface area contributed by atoms with Crippen molar-refractivity contribution in [3.63, 3.8) is 0 Å². The lowest BCUT2D eigenvalue weighted by Crippen LogP contribution is -2.39. The Kier molecular flexibility index (Phi) is 5.84.